The Morgan fingerprint density at radius 2 is 0.795 bits per heavy atom. The van der Waals surface area contributed by atoms with E-state index in [2.05, 4.69) is 208 Å². The van der Waals surface area contributed by atoms with Crippen molar-refractivity contribution in [3.63, 3.8) is 0 Å². The van der Waals surface area contributed by atoms with E-state index >= 15 is 0 Å². The first-order valence-corrected chi connectivity index (χ1v) is 26.8. The van der Waals surface area contributed by atoms with E-state index in [0.29, 0.717) is 0 Å². The summed E-state index contributed by atoms with van der Waals surface area (Å²) in [4.78, 5) is 0. The number of hydrogen-bond donors (Lipinski definition) is 0. The fourth-order valence-electron chi connectivity index (χ4n) is 14.9. The molecule has 2 aliphatic carbocycles. The molecule has 336 valence electrons. The van der Waals surface area contributed by atoms with Crippen LogP contribution < -0.4 is 5.22 Å². The average Bonchev–Trinajstić information content (AvgIpc) is 4.25. The Kier molecular flexibility index (Phi) is 7.31. The quantitative estimate of drug-likeness (QED) is 0.122. The zero-order valence-electron chi connectivity index (χ0n) is 40.3. The lowest BCUT2D eigenvalue weighted by molar-refractivity contribution is 1.02. The Bertz CT molecular complexity index is 5150. The predicted molar refractivity (Wildman–Crippen MR) is 317 cm³/mol. The molecule has 18 rings (SSSR count). The van der Waals surface area contributed by atoms with Gasteiger partial charge in [-0.15, -0.1) is 11.3 Å². The van der Waals surface area contributed by atoms with Crippen molar-refractivity contribution in [3.8, 4) is 44.5 Å². The Balaban J connectivity index is 1.01. The highest BCUT2D eigenvalue weighted by Crippen LogP contribution is 2.56. The second-order valence-electron chi connectivity index (χ2n) is 21.2. The summed E-state index contributed by atoms with van der Waals surface area (Å²) in [7, 11) is 0. The minimum Gasteiger partial charge on any atom is -0.135 e. The van der Waals surface area contributed by atoms with Crippen molar-refractivity contribution in [1.29, 1.82) is 0 Å². The predicted octanol–water partition coefficient (Wildman–Crippen LogP) is 19.8. The summed E-state index contributed by atoms with van der Waals surface area (Å²) < 4.78 is 2.69. The molecule has 0 saturated heterocycles. The maximum atomic E-state index is 2.60. The van der Waals surface area contributed by atoms with Crippen molar-refractivity contribution in [1.82, 2.24) is 0 Å². The van der Waals surface area contributed by atoms with Crippen LogP contribution in [0.2, 0.25) is 0 Å². The lowest BCUT2D eigenvalue weighted by Gasteiger charge is -2.20. The Labute approximate surface area is 424 Å². The van der Waals surface area contributed by atoms with E-state index in [0.717, 1.165) is 12.8 Å². The monoisotopic (exact) mass is 938 g/mol. The topological polar surface area (TPSA) is 0 Å². The van der Waals surface area contributed by atoms with Crippen LogP contribution in [0.3, 0.4) is 0 Å². The van der Waals surface area contributed by atoms with Gasteiger partial charge >= 0.3 is 0 Å². The van der Waals surface area contributed by atoms with Crippen molar-refractivity contribution in [3.05, 3.63) is 222 Å². The first kappa shape index (κ1) is 39.0. The number of rotatable bonds is 3. The van der Waals surface area contributed by atoms with Gasteiger partial charge < -0.3 is 0 Å². The van der Waals surface area contributed by atoms with E-state index in [9.17, 15) is 0 Å². The van der Waals surface area contributed by atoms with Gasteiger partial charge in [-0.2, -0.15) is 0 Å². The van der Waals surface area contributed by atoms with Gasteiger partial charge in [0.1, 0.15) is 0 Å². The molecule has 0 nitrogen and oxygen atoms in total. The summed E-state index contributed by atoms with van der Waals surface area (Å²) in [5.41, 5.74) is 17.7. The molecule has 0 saturated carbocycles. The van der Waals surface area contributed by atoms with Gasteiger partial charge in [0.25, 0.3) is 0 Å². The van der Waals surface area contributed by atoms with E-state index in [-0.39, 0.29) is 0 Å². The SMILES string of the molecule is Cc1ccccc1-c1c2cc3c(cc2c(-c2ccccc2C)c2c4ccc5c6ccc7c8c6c(c6ccc(c12)c4c65)CCC=8c1ccccc1-7)c1cccc2c(-c4cccc5c4sc4ccccc45)ccc3c21. The summed E-state index contributed by atoms with van der Waals surface area (Å²) in [5, 5.41) is 28.7. The van der Waals surface area contributed by atoms with Crippen LogP contribution in [0.4, 0.5) is 0 Å². The molecule has 2 aliphatic rings. The second kappa shape index (κ2) is 13.7. The molecule has 1 heterocycles. The third kappa shape index (κ3) is 4.74. The van der Waals surface area contributed by atoms with Crippen molar-refractivity contribution < 1.29 is 0 Å². The van der Waals surface area contributed by atoms with Crippen molar-refractivity contribution in [2.75, 3.05) is 0 Å². The maximum Gasteiger partial charge on any atom is 0.0434 e. The second-order valence-corrected chi connectivity index (χ2v) is 22.3. The minimum atomic E-state index is 1.05. The van der Waals surface area contributed by atoms with Crippen LogP contribution in [0.25, 0.3) is 167 Å². The number of fused-ring (bicyclic) bond motifs is 15. The molecule has 0 spiro atoms. The van der Waals surface area contributed by atoms with E-state index in [1.54, 1.807) is 0 Å². The molecular weight excluding hydrogens is 897 g/mol. The molecule has 0 N–H and O–H groups in total. The van der Waals surface area contributed by atoms with Crippen LogP contribution in [0.15, 0.2) is 194 Å². The largest absolute Gasteiger partial charge is 0.135 e. The minimum absolute atomic E-state index is 1.05. The summed E-state index contributed by atoms with van der Waals surface area (Å²) in [6.45, 7) is 4.61. The zero-order chi connectivity index (χ0) is 47.5. The Morgan fingerprint density at radius 3 is 1.53 bits per heavy atom. The Morgan fingerprint density at radius 1 is 0.288 bits per heavy atom. The molecule has 0 aliphatic heterocycles. The zero-order valence-corrected chi connectivity index (χ0v) is 41.1. The summed E-state index contributed by atoms with van der Waals surface area (Å²) in [6.07, 6.45) is 2.12. The fraction of sp³-hybridized carbons (Fsp3) is 0.0556. The fourth-order valence-corrected chi connectivity index (χ4v) is 16.1. The van der Waals surface area contributed by atoms with Gasteiger partial charge in [-0.25, -0.2) is 0 Å². The first-order valence-electron chi connectivity index (χ1n) is 26.0. The molecule has 0 atom stereocenters. The van der Waals surface area contributed by atoms with Crippen molar-refractivity contribution >= 4 is 134 Å². The highest BCUT2D eigenvalue weighted by molar-refractivity contribution is 7.26. The van der Waals surface area contributed by atoms with Gasteiger partial charge in [0.05, 0.1) is 0 Å². The third-order valence-electron chi connectivity index (χ3n) is 17.9. The summed E-state index contributed by atoms with van der Waals surface area (Å²) in [6, 6.07) is 75.1. The average molecular weight is 939 g/mol. The third-order valence-corrected chi connectivity index (χ3v) is 19.1. The molecular formula is C72H42S. The summed E-state index contributed by atoms with van der Waals surface area (Å²) >= 11 is 1.92. The molecule has 1 aromatic heterocycles. The first-order chi connectivity index (χ1) is 36.1. The lowest BCUT2D eigenvalue weighted by atomic mass is 9.82. The highest BCUT2D eigenvalue weighted by Gasteiger charge is 2.31. The van der Waals surface area contributed by atoms with Gasteiger partial charge in [0, 0.05) is 25.7 Å². The van der Waals surface area contributed by atoms with Crippen LogP contribution >= 0.6 is 11.3 Å². The van der Waals surface area contributed by atoms with Crippen LogP contribution in [0, 0.1) is 13.8 Å². The molecule has 0 bridgehead atoms. The van der Waals surface area contributed by atoms with E-state index in [1.807, 2.05) is 11.3 Å². The smallest absolute Gasteiger partial charge is 0.0434 e. The van der Waals surface area contributed by atoms with E-state index < -0.39 is 0 Å². The highest BCUT2D eigenvalue weighted by atomic mass is 32.1. The Hall–Kier alpha value is -8.62. The normalized spacial score (nSPS) is 13.5. The lowest BCUT2D eigenvalue weighted by Crippen LogP contribution is -2.14. The number of benzene rings is 13. The molecule has 0 amide bonds. The summed E-state index contributed by atoms with van der Waals surface area (Å²) in [5.74, 6) is 0. The molecule has 0 fully saturated rings. The van der Waals surface area contributed by atoms with Gasteiger partial charge in [-0.1, -0.05) is 176 Å². The molecule has 1 heteroatoms. The van der Waals surface area contributed by atoms with Gasteiger partial charge in [-0.05, 0) is 214 Å². The number of hydrogen-bond acceptors (Lipinski definition) is 1. The molecule has 15 aromatic carbocycles. The molecule has 16 aromatic rings. The van der Waals surface area contributed by atoms with Crippen LogP contribution in [0.1, 0.15) is 28.7 Å². The van der Waals surface area contributed by atoms with Crippen LogP contribution in [-0.4, -0.2) is 0 Å². The van der Waals surface area contributed by atoms with Gasteiger partial charge in [-0.3, -0.25) is 0 Å². The molecule has 73 heavy (non-hydrogen) atoms. The number of aryl methyl sites for hydroxylation is 3. The van der Waals surface area contributed by atoms with Crippen molar-refractivity contribution in [2.45, 2.75) is 26.7 Å². The van der Waals surface area contributed by atoms with Gasteiger partial charge in [0.2, 0.25) is 0 Å². The maximum absolute atomic E-state index is 2.60. The standard InChI is InChI=1S/C72H42S/c1-37-13-3-5-15-39(37)64-60-35-58-46-21-11-20-45-43(54-22-12-23-55-44-19-9-10-24-62(44)73-72(54)55)25-26-53(63(45)46)59(58)36-61(60)65(40-16-6-4-14-38(40)2)71-57-34-32-52-50-30-28-48-42-18-8-7-17-41(42)47-27-29-49(67(50)66(47)48)51-31-33-56(70(64)71)69(57)68(51)52/h3-27,29,31-36H,28,30H2,1-2H3. The van der Waals surface area contributed by atoms with Crippen LogP contribution in [-0.2, 0) is 6.42 Å². The molecule has 0 unspecified atom stereocenters. The molecule has 0 radical (unpaired) electrons. The van der Waals surface area contributed by atoms with Crippen molar-refractivity contribution in [2.24, 2.45) is 0 Å². The number of thiophene rings is 1. The van der Waals surface area contributed by atoms with E-state index in [1.165, 1.54) is 195 Å². The van der Waals surface area contributed by atoms with E-state index in [4.69, 9.17) is 0 Å². The van der Waals surface area contributed by atoms with Crippen LogP contribution in [0.5, 0.6) is 0 Å². The van der Waals surface area contributed by atoms with Gasteiger partial charge in [0.15, 0.2) is 0 Å².